The maximum Gasteiger partial charge on any atom is 0.343 e. The third kappa shape index (κ3) is 4.07. The molecule has 4 heteroatoms. The third-order valence-corrected chi connectivity index (χ3v) is 5.93. The molecule has 28 heavy (non-hydrogen) atoms. The fraction of sp³-hybridized carbons (Fsp3) is 0.458. The van der Waals surface area contributed by atoms with E-state index in [0.717, 1.165) is 44.3 Å². The first-order valence-corrected chi connectivity index (χ1v) is 10.3. The van der Waals surface area contributed by atoms with Crippen molar-refractivity contribution in [3.8, 4) is 5.75 Å². The Labute approximate surface area is 165 Å². The van der Waals surface area contributed by atoms with Crippen LogP contribution in [0.1, 0.15) is 67.8 Å². The highest BCUT2D eigenvalue weighted by Gasteiger charge is 2.37. The van der Waals surface area contributed by atoms with Gasteiger partial charge >= 0.3 is 5.63 Å². The van der Waals surface area contributed by atoms with E-state index in [9.17, 15) is 9.90 Å². The molecule has 2 aliphatic rings. The summed E-state index contributed by atoms with van der Waals surface area (Å²) in [5, 5.41) is 10.8. The molecule has 1 aliphatic carbocycles. The van der Waals surface area contributed by atoms with Crippen LogP contribution in [-0.4, -0.2) is 18.3 Å². The first kappa shape index (κ1) is 19.0. The SMILES string of the molecule is CCC(CC1=CCCOC1)c1cc(O)c(C(c2ccccc2)C2CC2)c(=O)o1. The summed E-state index contributed by atoms with van der Waals surface area (Å²) < 4.78 is 11.3. The van der Waals surface area contributed by atoms with Gasteiger partial charge in [-0.3, -0.25) is 0 Å². The maximum atomic E-state index is 13.0. The van der Waals surface area contributed by atoms with Crippen molar-refractivity contribution in [3.63, 3.8) is 0 Å². The topological polar surface area (TPSA) is 59.7 Å². The van der Waals surface area contributed by atoms with Gasteiger partial charge in [0.1, 0.15) is 11.5 Å². The fourth-order valence-electron chi connectivity index (χ4n) is 4.27. The average Bonchev–Trinajstić information content (AvgIpc) is 3.55. The van der Waals surface area contributed by atoms with Gasteiger partial charge in [-0.15, -0.1) is 0 Å². The lowest BCUT2D eigenvalue weighted by Crippen LogP contribution is -2.18. The number of aromatic hydroxyl groups is 1. The number of rotatable bonds is 7. The van der Waals surface area contributed by atoms with Crippen LogP contribution >= 0.6 is 0 Å². The molecule has 148 valence electrons. The Morgan fingerprint density at radius 1 is 1.21 bits per heavy atom. The van der Waals surface area contributed by atoms with Crippen molar-refractivity contribution in [1.29, 1.82) is 0 Å². The molecule has 4 rings (SSSR count). The molecule has 0 saturated heterocycles. The molecule has 2 heterocycles. The van der Waals surface area contributed by atoms with E-state index in [-0.39, 0.29) is 17.6 Å². The highest BCUT2D eigenvalue weighted by Crippen LogP contribution is 2.47. The van der Waals surface area contributed by atoms with Crippen molar-refractivity contribution in [2.75, 3.05) is 13.2 Å². The predicted molar refractivity (Wildman–Crippen MR) is 109 cm³/mol. The van der Waals surface area contributed by atoms with Crippen molar-refractivity contribution in [2.45, 2.75) is 50.9 Å². The van der Waals surface area contributed by atoms with E-state index in [1.165, 1.54) is 5.57 Å². The molecule has 0 spiro atoms. The predicted octanol–water partition coefficient (Wildman–Crippen LogP) is 5.12. The molecule has 1 aromatic carbocycles. The van der Waals surface area contributed by atoms with Crippen LogP contribution in [0.3, 0.4) is 0 Å². The van der Waals surface area contributed by atoms with Crippen molar-refractivity contribution >= 4 is 0 Å². The molecule has 0 amide bonds. The van der Waals surface area contributed by atoms with Crippen LogP contribution < -0.4 is 5.63 Å². The Morgan fingerprint density at radius 2 is 2.00 bits per heavy atom. The molecule has 1 aliphatic heterocycles. The third-order valence-electron chi connectivity index (χ3n) is 5.93. The molecule has 0 radical (unpaired) electrons. The van der Waals surface area contributed by atoms with Crippen molar-refractivity contribution in [2.24, 2.45) is 5.92 Å². The van der Waals surface area contributed by atoms with Crippen molar-refractivity contribution in [1.82, 2.24) is 0 Å². The molecule has 0 bridgehead atoms. The zero-order valence-corrected chi connectivity index (χ0v) is 16.4. The van der Waals surface area contributed by atoms with E-state index in [4.69, 9.17) is 9.15 Å². The summed E-state index contributed by atoms with van der Waals surface area (Å²) in [6, 6.07) is 11.7. The van der Waals surface area contributed by atoms with E-state index in [0.29, 0.717) is 23.8 Å². The van der Waals surface area contributed by atoms with Crippen LogP contribution in [0, 0.1) is 5.92 Å². The maximum absolute atomic E-state index is 13.0. The van der Waals surface area contributed by atoms with Gasteiger partial charge in [-0.05, 0) is 49.2 Å². The number of hydrogen-bond donors (Lipinski definition) is 1. The summed E-state index contributed by atoms with van der Waals surface area (Å²) >= 11 is 0. The van der Waals surface area contributed by atoms with Crippen LogP contribution in [0.4, 0.5) is 0 Å². The zero-order chi connectivity index (χ0) is 19.5. The lowest BCUT2D eigenvalue weighted by molar-refractivity contribution is 0.146. The summed E-state index contributed by atoms with van der Waals surface area (Å²) in [7, 11) is 0. The van der Waals surface area contributed by atoms with Gasteiger partial charge in [-0.25, -0.2) is 4.79 Å². The van der Waals surface area contributed by atoms with Gasteiger partial charge in [-0.2, -0.15) is 0 Å². The first-order chi connectivity index (χ1) is 13.7. The Kier molecular flexibility index (Phi) is 5.67. The quantitative estimate of drug-likeness (QED) is 0.678. The second-order valence-electron chi connectivity index (χ2n) is 7.97. The van der Waals surface area contributed by atoms with Gasteiger partial charge in [0.25, 0.3) is 0 Å². The van der Waals surface area contributed by atoms with Gasteiger partial charge < -0.3 is 14.3 Å². The summed E-state index contributed by atoms with van der Waals surface area (Å²) in [5.74, 6) is 1.01. The zero-order valence-electron chi connectivity index (χ0n) is 16.4. The Morgan fingerprint density at radius 3 is 2.61 bits per heavy atom. The van der Waals surface area contributed by atoms with Crippen LogP contribution in [0.2, 0.25) is 0 Å². The van der Waals surface area contributed by atoms with Gasteiger partial charge in [0.15, 0.2) is 0 Å². The summed E-state index contributed by atoms with van der Waals surface area (Å²) in [4.78, 5) is 13.0. The Hall–Kier alpha value is -2.33. The molecular formula is C24H28O4. The molecule has 2 unspecified atom stereocenters. The number of ether oxygens (including phenoxy) is 1. The molecule has 1 fully saturated rings. The van der Waals surface area contributed by atoms with Crippen molar-refractivity contribution < 1.29 is 14.3 Å². The van der Waals surface area contributed by atoms with Crippen LogP contribution in [0.15, 0.2) is 57.3 Å². The summed E-state index contributed by atoms with van der Waals surface area (Å²) in [5.41, 5.74) is 2.32. The second-order valence-corrected chi connectivity index (χ2v) is 7.97. The highest BCUT2D eigenvalue weighted by atomic mass is 16.5. The normalized spacial score (nSPS) is 19.1. The number of benzene rings is 1. The molecule has 1 saturated carbocycles. The van der Waals surface area contributed by atoms with Crippen molar-refractivity contribution in [3.05, 3.63) is 75.4 Å². The minimum absolute atomic E-state index is 0.0664. The molecule has 1 aromatic heterocycles. The Bertz CT molecular complexity index is 893. The second kappa shape index (κ2) is 8.36. The van der Waals surface area contributed by atoms with E-state index < -0.39 is 5.63 Å². The van der Waals surface area contributed by atoms with Gasteiger partial charge in [0.2, 0.25) is 0 Å². The lowest BCUT2D eigenvalue weighted by atomic mass is 9.86. The van der Waals surface area contributed by atoms with E-state index in [2.05, 4.69) is 13.0 Å². The molecule has 4 nitrogen and oxygen atoms in total. The fourth-order valence-corrected chi connectivity index (χ4v) is 4.27. The summed E-state index contributed by atoms with van der Waals surface area (Å²) in [6.45, 7) is 3.49. The van der Waals surface area contributed by atoms with Crippen LogP contribution in [-0.2, 0) is 4.74 Å². The van der Waals surface area contributed by atoms with Crippen LogP contribution in [0.25, 0.3) is 0 Å². The summed E-state index contributed by atoms with van der Waals surface area (Å²) in [6.07, 6.45) is 6.93. The van der Waals surface area contributed by atoms with Gasteiger partial charge in [0.05, 0.1) is 18.8 Å². The van der Waals surface area contributed by atoms with Gasteiger partial charge in [-0.1, -0.05) is 43.3 Å². The smallest absolute Gasteiger partial charge is 0.343 e. The van der Waals surface area contributed by atoms with E-state index in [1.54, 1.807) is 6.07 Å². The molecular weight excluding hydrogens is 352 g/mol. The van der Waals surface area contributed by atoms with Crippen LogP contribution in [0.5, 0.6) is 5.75 Å². The monoisotopic (exact) mass is 380 g/mol. The lowest BCUT2D eigenvalue weighted by Gasteiger charge is -2.21. The van der Waals surface area contributed by atoms with E-state index in [1.807, 2.05) is 30.3 Å². The molecule has 1 N–H and O–H groups in total. The molecule has 2 atom stereocenters. The van der Waals surface area contributed by atoms with E-state index >= 15 is 0 Å². The highest BCUT2D eigenvalue weighted by molar-refractivity contribution is 5.42. The van der Waals surface area contributed by atoms with Gasteiger partial charge in [0, 0.05) is 17.9 Å². The first-order valence-electron chi connectivity index (χ1n) is 10.3. The minimum atomic E-state index is -0.400. The molecule has 2 aromatic rings. The number of hydrogen-bond acceptors (Lipinski definition) is 4. The average molecular weight is 380 g/mol. The standard InChI is InChI=1S/C24H28O4/c1-2-17(13-16-7-6-12-27-15-16)21-14-20(25)23(24(26)28-21)22(19-10-11-19)18-8-4-3-5-9-18/h3-5,7-9,14,17,19,22,25H,2,6,10-13,15H2,1H3. The minimum Gasteiger partial charge on any atom is -0.507 e. The Balaban J connectivity index is 1.66. The largest absolute Gasteiger partial charge is 0.507 e.